The summed E-state index contributed by atoms with van der Waals surface area (Å²) in [5, 5.41) is 3.88. The van der Waals surface area contributed by atoms with Crippen LogP contribution in [0.1, 0.15) is 19.3 Å². The topological polar surface area (TPSA) is 137 Å². The Hall–Kier alpha value is -1.19. The molecule has 1 amide bonds. The zero-order valence-corrected chi connectivity index (χ0v) is 12.8. The number of aliphatic imine (C=N–C) groups is 1. The van der Waals surface area contributed by atoms with Crippen LogP contribution in [0.4, 0.5) is 0 Å². The molecule has 0 spiro atoms. The van der Waals surface area contributed by atoms with Crippen LogP contribution in [0.25, 0.3) is 0 Å². The van der Waals surface area contributed by atoms with Crippen molar-refractivity contribution in [3.8, 4) is 0 Å². The molecule has 0 aromatic carbocycles. The van der Waals surface area contributed by atoms with E-state index in [1.807, 2.05) is 0 Å². The summed E-state index contributed by atoms with van der Waals surface area (Å²) in [6, 6.07) is -1.39. The number of rotatable bonds is 10. The molecule has 7 nitrogen and oxygen atoms in total. The highest BCUT2D eigenvalue weighted by atomic mass is 32.1. The summed E-state index contributed by atoms with van der Waals surface area (Å²) in [5.74, 6) is -0.375. The minimum atomic E-state index is -0.716. The van der Waals surface area contributed by atoms with Gasteiger partial charge in [0.2, 0.25) is 5.91 Å². The first-order valence-electron chi connectivity index (χ1n) is 6.11. The van der Waals surface area contributed by atoms with E-state index in [4.69, 9.17) is 17.2 Å². The van der Waals surface area contributed by atoms with Crippen molar-refractivity contribution in [3.63, 3.8) is 0 Å². The number of thiocarbonyl (C=S) groups is 1. The van der Waals surface area contributed by atoms with E-state index < -0.39 is 18.0 Å². The lowest BCUT2D eigenvalue weighted by atomic mass is 10.1. The van der Waals surface area contributed by atoms with Gasteiger partial charge in [0.05, 0.1) is 12.1 Å². The molecule has 7 N–H and O–H groups in total. The summed E-state index contributed by atoms with van der Waals surface area (Å²) >= 11 is 8.64. The van der Waals surface area contributed by atoms with Gasteiger partial charge in [0, 0.05) is 18.7 Å². The second-order valence-electron chi connectivity index (χ2n) is 4.14. The zero-order valence-electron chi connectivity index (χ0n) is 11.1. The van der Waals surface area contributed by atoms with Crippen LogP contribution in [0.3, 0.4) is 0 Å². The van der Waals surface area contributed by atoms with Gasteiger partial charge in [0.25, 0.3) is 0 Å². The van der Waals surface area contributed by atoms with Crippen LogP contribution < -0.4 is 22.5 Å². The minimum absolute atomic E-state index is 0.00363. The maximum Gasteiger partial charge on any atom is 0.237 e. The summed E-state index contributed by atoms with van der Waals surface area (Å²) in [6.45, 7) is 0.406. The Bertz CT molecular complexity index is 372. The van der Waals surface area contributed by atoms with Crippen LogP contribution >= 0.6 is 24.8 Å². The van der Waals surface area contributed by atoms with Crippen molar-refractivity contribution in [2.24, 2.45) is 22.2 Å². The molecular formula is C11H21N5O2S2. The van der Waals surface area contributed by atoms with Crippen molar-refractivity contribution >= 4 is 47.9 Å². The third kappa shape index (κ3) is 8.08. The summed E-state index contributed by atoms with van der Waals surface area (Å²) in [7, 11) is 0. The van der Waals surface area contributed by atoms with Crippen LogP contribution in [0.15, 0.2) is 4.99 Å². The van der Waals surface area contributed by atoms with Crippen LogP contribution in [0.5, 0.6) is 0 Å². The summed E-state index contributed by atoms with van der Waals surface area (Å²) in [4.78, 5) is 27.2. The molecule has 0 rings (SSSR count). The normalized spacial score (nSPS) is 13.1. The maximum absolute atomic E-state index is 11.8. The number of nitrogens with zero attached hydrogens (tertiary/aromatic N) is 1. The van der Waals surface area contributed by atoms with Gasteiger partial charge >= 0.3 is 0 Å². The van der Waals surface area contributed by atoms with Crippen molar-refractivity contribution in [2.45, 2.75) is 31.3 Å². The Labute approximate surface area is 129 Å². The fraction of sp³-hybridized carbons (Fsp3) is 0.636. The highest BCUT2D eigenvalue weighted by Crippen LogP contribution is 1.99. The number of Topliss-reactive ketones (excluding diaryl/α,β-unsaturated/α-hetero) is 1. The smallest absolute Gasteiger partial charge is 0.237 e. The monoisotopic (exact) mass is 319 g/mol. The van der Waals surface area contributed by atoms with E-state index in [0.29, 0.717) is 19.4 Å². The highest BCUT2D eigenvalue weighted by molar-refractivity contribution is 7.80. The van der Waals surface area contributed by atoms with E-state index in [2.05, 4.69) is 35.2 Å². The van der Waals surface area contributed by atoms with Crippen molar-refractivity contribution in [1.82, 2.24) is 5.32 Å². The summed E-state index contributed by atoms with van der Waals surface area (Å²) in [5.41, 5.74) is 16.1. The van der Waals surface area contributed by atoms with E-state index in [0.717, 1.165) is 0 Å². The number of hydrogen-bond acceptors (Lipinski definition) is 6. The van der Waals surface area contributed by atoms with Crippen molar-refractivity contribution < 1.29 is 9.59 Å². The average molecular weight is 319 g/mol. The van der Waals surface area contributed by atoms with Gasteiger partial charge in [-0.2, -0.15) is 12.6 Å². The molecule has 0 unspecified atom stereocenters. The number of guanidine groups is 1. The standard InChI is InChI=1S/C11H21N5O2S2/c12-7(2-1-4-15-11(13)14)10(18)16-8(6-20)9(17)3-5-19/h5,7-8,20H,1-4,6,12H2,(H,16,18)(H4,13,14,15)/t7-,8-/m0/s1. The van der Waals surface area contributed by atoms with Crippen LogP contribution in [0.2, 0.25) is 0 Å². The number of carbonyl (C=O) groups excluding carboxylic acids is 2. The van der Waals surface area contributed by atoms with Gasteiger partial charge in [-0.1, -0.05) is 12.2 Å². The average Bonchev–Trinajstić information content (AvgIpc) is 2.40. The van der Waals surface area contributed by atoms with E-state index in [1.54, 1.807) is 0 Å². The molecule has 0 aliphatic rings. The van der Waals surface area contributed by atoms with Gasteiger partial charge in [0.15, 0.2) is 11.7 Å². The minimum Gasteiger partial charge on any atom is -0.370 e. The molecule has 0 aliphatic heterocycles. The summed E-state index contributed by atoms with van der Waals surface area (Å²) < 4.78 is 0. The molecule has 114 valence electrons. The second-order valence-corrected chi connectivity index (χ2v) is 4.83. The molecule has 0 aromatic rings. The Morgan fingerprint density at radius 1 is 1.40 bits per heavy atom. The maximum atomic E-state index is 11.8. The molecule has 0 fully saturated rings. The zero-order chi connectivity index (χ0) is 15.5. The number of hydrogen-bond donors (Lipinski definition) is 5. The number of amides is 1. The molecule has 20 heavy (non-hydrogen) atoms. The molecule has 0 heterocycles. The highest BCUT2D eigenvalue weighted by Gasteiger charge is 2.21. The van der Waals surface area contributed by atoms with E-state index >= 15 is 0 Å². The van der Waals surface area contributed by atoms with Gasteiger partial charge in [-0.05, 0) is 18.2 Å². The Kier molecular flexibility index (Phi) is 9.95. The van der Waals surface area contributed by atoms with Crippen molar-refractivity contribution in [1.29, 1.82) is 0 Å². The number of thiol groups is 1. The van der Waals surface area contributed by atoms with Gasteiger partial charge in [0.1, 0.15) is 0 Å². The van der Waals surface area contributed by atoms with Crippen LogP contribution in [-0.4, -0.2) is 47.4 Å². The van der Waals surface area contributed by atoms with E-state index in [1.165, 1.54) is 5.37 Å². The Morgan fingerprint density at radius 2 is 2.05 bits per heavy atom. The largest absolute Gasteiger partial charge is 0.370 e. The van der Waals surface area contributed by atoms with Crippen molar-refractivity contribution in [2.75, 3.05) is 12.3 Å². The SMILES string of the molecule is NC(N)=NCCC[C@H](N)C(=O)N[C@@H](CS)C(=O)CC=S. The molecule has 0 aliphatic carbocycles. The molecular weight excluding hydrogens is 298 g/mol. The molecule has 9 heteroatoms. The predicted octanol–water partition coefficient (Wildman–Crippen LogP) is -1.26. The first kappa shape index (κ1) is 18.8. The van der Waals surface area contributed by atoms with Gasteiger partial charge in [-0.3, -0.25) is 14.6 Å². The molecule has 0 aromatic heterocycles. The number of ketones is 1. The van der Waals surface area contributed by atoms with Crippen molar-refractivity contribution in [3.05, 3.63) is 0 Å². The first-order valence-corrected chi connectivity index (χ1v) is 7.21. The third-order valence-electron chi connectivity index (χ3n) is 2.48. The quantitative estimate of drug-likeness (QED) is 0.112. The lowest BCUT2D eigenvalue weighted by molar-refractivity contribution is -0.127. The molecule has 0 saturated carbocycles. The number of nitrogens with two attached hydrogens (primary N) is 3. The number of nitrogens with one attached hydrogen (secondary N) is 1. The Balaban J connectivity index is 4.19. The molecule has 0 radical (unpaired) electrons. The van der Waals surface area contributed by atoms with Crippen LogP contribution in [0, 0.1) is 0 Å². The van der Waals surface area contributed by atoms with Gasteiger partial charge in [-0.15, -0.1) is 0 Å². The van der Waals surface area contributed by atoms with Gasteiger partial charge < -0.3 is 22.5 Å². The van der Waals surface area contributed by atoms with Gasteiger partial charge in [-0.25, -0.2) is 0 Å². The molecule has 2 atom stereocenters. The van der Waals surface area contributed by atoms with E-state index in [9.17, 15) is 9.59 Å². The summed E-state index contributed by atoms with van der Waals surface area (Å²) in [6.07, 6.45) is 1.11. The first-order chi connectivity index (χ1) is 9.42. The second kappa shape index (κ2) is 10.6. The predicted molar refractivity (Wildman–Crippen MR) is 86.9 cm³/mol. The number of carbonyl (C=O) groups is 2. The van der Waals surface area contributed by atoms with Crippen LogP contribution in [-0.2, 0) is 9.59 Å². The lowest BCUT2D eigenvalue weighted by Crippen LogP contribution is -2.49. The fourth-order valence-corrected chi connectivity index (χ4v) is 1.84. The van der Waals surface area contributed by atoms with E-state index in [-0.39, 0.29) is 23.9 Å². The third-order valence-corrected chi connectivity index (χ3v) is 3.01. The lowest BCUT2D eigenvalue weighted by Gasteiger charge is -2.17. The fourth-order valence-electron chi connectivity index (χ4n) is 1.38. The Morgan fingerprint density at radius 3 is 2.55 bits per heavy atom. The molecule has 0 saturated heterocycles. The molecule has 0 bridgehead atoms.